The minimum absolute atomic E-state index is 0.112. The first-order valence-corrected chi connectivity index (χ1v) is 13.6. The Labute approximate surface area is 234 Å². The lowest BCUT2D eigenvalue weighted by Gasteiger charge is -2.28. The zero-order valence-corrected chi connectivity index (χ0v) is 23.1. The van der Waals surface area contributed by atoms with Crippen molar-refractivity contribution in [2.45, 2.75) is 39.8 Å². The van der Waals surface area contributed by atoms with Crippen molar-refractivity contribution < 1.29 is 14.4 Å². The number of aromatic nitrogens is 1. The monoisotopic (exact) mass is 538 g/mol. The normalized spacial score (nSPS) is 17.1. The fourth-order valence-corrected chi connectivity index (χ4v) is 4.82. The molecule has 5 rings (SSSR count). The zero-order chi connectivity index (χ0) is 28.3. The van der Waals surface area contributed by atoms with Gasteiger partial charge in [-0.15, -0.1) is 0 Å². The molecule has 9 heteroatoms. The molecule has 2 aromatic carbocycles. The summed E-state index contributed by atoms with van der Waals surface area (Å²) in [6.07, 6.45) is 2.67. The summed E-state index contributed by atoms with van der Waals surface area (Å²) >= 11 is 0. The van der Waals surface area contributed by atoms with Crippen molar-refractivity contribution in [1.29, 1.82) is 0 Å². The molecule has 3 heterocycles. The van der Waals surface area contributed by atoms with E-state index in [2.05, 4.69) is 20.5 Å². The van der Waals surface area contributed by atoms with Gasteiger partial charge < -0.3 is 20.4 Å². The van der Waals surface area contributed by atoms with Gasteiger partial charge in [0.1, 0.15) is 0 Å². The van der Waals surface area contributed by atoms with E-state index >= 15 is 0 Å². The average Bonchev–Trinajstić information content (AvgIpc) is 3.46. The number of Topliss-reactive ketones (excluding diaryl/α,β-unsaturated/α-hetero) is 1. The highest BCUT2D eigenvalue weighted by Gasteiger charge is 2.36. The average molecular weight is 539 g/mol. The molecule has 206 valence electrons. The molecule has 0 bridgehead atoms. The Hall–Kier alpha value is -4.53. The molecule has 3 amide bonds. The third-order valence-corrected chi connectivity index (χ3v) is 7.10. The van der Waals surface area contributed by atoms with Gasteiger partial charge in [-0.05, 0) is 49.2 Å². The van der Waals surface area contributed by atoms with Gasteiger partial charge in [-0.2, -0.15) is 0 Å². The highest BCUT2D eigenvalue weighted by molar-refractivity contribution is 6.20. The predicted octanol–water partition coefficient (Wildman–Crippen LogP) is 4.63. The fourth-order valence-electron chi connectivity index (χ4n) is 4.82. The Morgan fingerprint density at radius 1 is 0.975 bits per heavy atom. The lowest BCUT2D eigenvalue weighted by molar-refractivity contribution is -0.127. The molecule has 0 aliphatic carbocycles. The SMILES string of the molecule is CC(C)(C)C(=O)CN1C(=O)[C@H](NC(=O)Nc2cccc(N3CCCC3)c2)N=C(c2ccccn2)c2ccccc21. The number of urea groups is 1. The van der Waals surface area contributed by atoms with E-state index in [-0.39, 0.29) is 12.3 Å². The first-order valence-electron chi connectivity index (χ1n) is 13.6. The number of carbonyl (C=O) groups is 3. The standard InChI is InChI=1S/C31H34N6O3/c1-31(2,3)26(38)20-37-25-15-5-4-13-23(25)27(24-14-6-7-16-32-24)34-28(29(37)39)35-30(40)33-21-11-10-12-22(19-21)36-17-8-9-18-36/h4-7,10-16,19,28H,8-9,17-18,20H2,1-3H3,(H2,33,35,40)/t28-/m0/s1. The number of benzodiazepines with no additional fused rings is 1. The number of pyridine rings is 1. The van der Waals surface area contributed by atoms with E-state index in [1.807, 2.05) is 63.2 Å². The number of anilines is 3. The second-order valence-electron chi connectivity index (χ2n) is 11.1. The fraction of sp³-hybridized carbons (Fsp3) is 0.323. The van der Waals surface area contributed by atoms with E-state index < -0.39 is 23.5 Å². The predicted molar refractivity (Wildman–Crippen MR) is 157 cm³/mol. The molecule has 1 aromatic heterocycles. The molecule has 40 heavy (non-hydrogen) atoms. The van der Waals surface area contributed by atoms with Gasteiger partial charge in [-0.3, -0.25) is 14.6 Å². The number of aliphatic imine (C=N–C) groups is 1. The molecule has 1 atom stereocenters. The third kappa shape index (κ3) is 5.88. The molecule has 2 aliphatic heterocycles. The summed E-state index contributed by atoms with van der Waals surface area (Å²) in [5.74, 6) is -0.615. The van der Waals surface area contributed by atoms with Crippen LogP contribution in [0, 0.1) is 5.41 Å². The van der Waals surface area contributed by atoms with Crippen LogP contribution in [0.2, 0.25) is 0 Å². The quantitative estimate of drug-likeness (QED) is 0.476. The van der Waals surface area contributed by atoms with Crippen LogP contribution in [0.25, 0.3) is 0 Å². The lowest BCUT2D eigenvalue weighted by Crippen LogP contribution is -2.50. The number of ketones is 1. The molecule has 1 fully saturated rings. The molecule has 0 spiro atoms. The Morgan fingerprint density at radius 2 is 1.73 bits per heavy atom. The van der Waals surface area contributed by atoms with Gasteiger partial charge >= 0.3 is 6.03 Å². The maximum atomic E-state index is 14.0. The van der Waals surface area contributed by atoms with Gasteiger partial charge in [0, 0.05) is 41.6 Å². The summed E-state index contributed by atoms with van der Waals surface area (Å²) in [5.41, 5.74) is 3.19. The van der Waals surface area contributed by atoms with Crippen molar-refractivity contribution in [1.82, 2.24) is 10.3 Å². The Kier molecular flexibility index (Phi) is 7.64. The number of amides is 3. The maximum absolute atomic E-state index is 14.0. The maximum Gasteiger partial charge on any atom is 0.321 e. The number of benzene rings is 2. The third-order valence-electron chi connectivity index (χ3n) is 7.10. The number of hydrogen-bond donors (Lipinski definition) is 2. The topological polar surface area (TPSA) is 107 Å². The van der Waals surface area contributed by atoms with Gasteiger partial charge in [-0.25, -0.2) is 9.79 Å². The zero-order valence-electron chi connectivity index (χ0n) is 23.1. The summed E-state index contributed by atoms with van der Waals surface area (Å²) in [6.45, 7) is 7.28. The molecular formula is C31H34N6O3. The summed E-state index contributed by atoms with van der Waals surface area (Å²) in [6, 6.07) is 19.8. The number of rotatable bonds is 6. The lowest BCUT2D eigenvalue weighted by atomic mass is 9.90. The van der Waals surface area contributed by atoms with Crippen molar-refractivity contribution in [3.63, 3.8) is 0 Å². The van der Waals surface area contributed by atoms with Crippen LogP contribution in [0.5, 0.6) is 0 Å². The van der Waals surface area contributed by atoms with E-state index in [1.54, 1.807) is 30.5 Å². The highest BCUT2D eigenvalue weighted by atomic mass is 16.2. The van der Waals surface area contributed by atoms with Gasteiger partial charge in [-0.1, -0.05) is 51.1 Å². The number of hydrogen-bond acceptors (Lipinski definition) is 6. The highest BCUT2D eigenvalue weighted by Crippen LogP contribution is 2.29. The first-order chi connectivity index (χ1) is 19.2. The van der Waals surface area contributed by atoms with Crippen molar-refractivity contribution >= 4 is 40.5 Å². The van der Waals surface area contributed by atoms with Gasteiger partial charge in [0.05, 0.1) is 23.6 Å². The molecule has 0 unspecified atom stereocenters. The molecule has 1 saturated heterocycles. The molecule has 3 aromatic rings. The van der Waals surface area contributed by atoms with E-state index in [4.69, 9.17) is 4.99 Å². The Bertz CT molecular complexity index is 1440. The number of nitrogens with zero attached hydrogens (tertiary/aromatic N) is 4. The smallest absolute Gasteiger partial charge is 0.321 e. The number of nitrogens with one attached hydrogen (secondary N) is 2. The van der Waals surface area contributed by atoms with Crippen LogP contribution >= 0.6 is 0 Å². The summed E-state index contributed by atoms with van der Waals surface area (Å²) in [7, 11) is 0. The number of carbonyl (C=O) groups excluding carboxylic acids is 3. The van der Waals surface area contributed by atoms with E-state index in [1.165, 1.54) is 4.90 Å². The van der Waals surface area contributed by atoms with E-state index in [9.17, 15) is 14.4 Å². The molecular weight excluding hydrogens is 504 g/mol. The van der Waals surface area contributed by atoms with Gasteiger partial charge in [0.2, 0.25) is 6.17 Å². The van der Waals surface area contributed by atoms with Crippen LogP contribution in [0.1, 0.15) is 44.9 Å². The molecule has 2 aliphatic rings. The minimum atomic E-state index is -1.28. The minimum Gasteiger partial charge on any atom is -0.371 e. The van der Waals surface area contributed by atoms with Gasteiger partial charge in [0.15, 0.2) is 5.78 Å². The van der Waals surface area contributed by atoms with Crippen LogP contribution in [0.3, 0.4) is 0 Å². The molecule has 0 radical (unpaired) electrons. The second kappa shape index (κ2) is 11.3. The molecule has 9 nitrogen and oxygen atoms in total. The first kappa shape index (κ1) is 27.1. The number of fused-ring (bicyclic) bond motifs is 1. The van der Waals surface area contributed by atoms with Crippen molar-refractivity contribution in [3.8, 4) is 0 Å². The molecule has 0 saturated carbocycles. The van der Waals surface area contributed by atoms with Crippen LogP contribution in [0.15, 0.2) is 77.9 Å². The van der Waals surface area contributed by atoms with Gasteiger partial charge in [0.25, 0.3) is 5.91 Å². The largest absolute Gasteiger partial charge is 0.371 e. The molecule has 2 N–H and O–H groups in total. The van der Waals surface area contributed by atoms with E-state index in [0.717, 1.165) is 31.6 Å². The second-order valence-corrected chi connectivity index (χ2v) is 11.1. The van der Waals surface area contributed by atoms with Crippen LogP contribution < -0.4 is 20.4 Å². The number of para-hydroxylation sites is 1. The van der Waals surface area contributed by atoms with Crippen molar-refractivity contribution in [2.24, 2.45) is 10.4 Å². The summed E-state index contributed by atoms with van der Waals surface area (Å²) in [5, 5.41) is 5.59. The Morgan fingerprint density at radius 3 is 2.45 bits per heavy atom. The Balaban J connectivity index is 1.47. The van der Waals surface area contributed by atoms with Crippen LogP contribution in [0.4, 0.5) is 21.9 Å². The summed E-state index contributed by atoms with van der Waals surface area (Å²) < 4.78 is 0. The van der Waals surface area contributed by atoms with Crippen molar-refractivity contribution in [3.05, 3.63) is 84.2 Å². The van der Waals surface area contributed by atoms with E-state index in [0.29, 0.717) is 28.3 Å². The summed E-state index contributed by atoms with van der Waals surface area (Å²) in [4.78, 5) is 53.2. The van der Waals surface area contributed by atoms with Crippen LogP contribution in [-0.4, -0.2) is 54.2 Å². The van der Waals surface area contributed by atoms with Crippen molar-refractivity contribution in [2.75, 3.05) is 34.8 Å². The van der Waals surface area contributed by atoms with Crippen LogP contribution in [-0.2, 0) is 9.59 Å².